The van der Waals surface area contributed by atoms with Crippen LogP contribution in [-0.2, 0) is 0 Å². The largest absolute Gasteiger partial charge is 0.754 e. The van der Waals surface area contributed by atoms with Crippen LogP contribution in [0, 0.1) is 10.4 Å². The van der Waals surface area contributed by atoms with Crippen molar-refractivity contribution in [3.05, 3.63) is 40.7 Å². The molecule has 0 aliphatic rings. The molecule has 0 spiro atoms. The molecule has 5 nitrogen and oxygen atoms in total. The molecule has 0 bridgehead atoms. The molecule has 11 heavy (non-hydrogen) atoms. The number of benzene rings is 1. The van der Waals surface area contributed by atoms with E-state index in [2.05, 4.69) is 5.84 Å². The van der Waals surface area contributed by atoms with Gasteiger partial charge < -0.3 is 15.6 Å². The molecule has 0 heterocycles. The molecule has 0 fully saturated rings. The molecule has 1 rings (SSSR count). The summed E-state index contributed by atoms with van der Waals surface area (Å²) in [4.78, 5) is 0. The Balaban J connectivity index is 2.77. The third kappa shape index (κ3) is 1.89. The van der Waals surface area contributed by atoms with Gasteiger partial charge in [-0.05, 0) is 12.1 Å². The highest BCUT2D eigenvalue weighted by molar-refractivity contribution is 5.45. The van der Waals surface area contributed by atoms with Gasteiger partial charge in [-0.3, -0.25) is 5.84 Å². The van der Waals surface area contributed by atoms with Crippen LogP contribution in [0.2, 0.25) is 0 Å². The van der Waals surface area contributed by atoms with E-state index in [9.17, 15) is 10.4 Å². The van der Waals surface area contributed by atoms with Gasteiger partial charge in [0, 0.05) is 5.69 Å². The van der Waals surface area contributed by atoms with Crippen molar-refractivity contribution >= 4 is 5.69 Å². The molecule has 0 saturated heterocycles. The zero-order valence-corrected chi connectivity index (χ0v) is 5.68. The van der Waals surface area contributed by atoms with Gasteiger partial charge in [-0.15, -0.1) is 0 Å². The minimum Gasteiger partial charge on any atom is -0.754 e. The second-order valence-corrected chi connectivity index (χ2v) is 1.91. The molecule has 1 aromatic rings. The maximum atomic E-state index is 10.7. The first-order valence-electron chi connectivity index (χ1n) is 2.96. The Labute approximate surface area is 63.7 Å². The summed E-state index contributed by atoms with van der Waals surface area (Å²) in [7, 11) is 0. The Kier molecular flexibility index (Phi) is 2.40. The standard InChI is InChI=1S/C6H7N3O2/c7-9(11)8(10)6-4-2-1-3-5-6/h1-5H,7H2/q-2. The third-order valence-electron chi connectivity index (χ3n) is 1.16. The maximum absolute atomic E-state index is 10.7. The number of rotatable bonds is 2. The van der Waals surface area contributed by atoms with Crippen molar-refractivity contribution in [1.82, 2.24) is 5.28 Å². The fourth-order valence-corrected chi connectivity index (χ4v) is 0.669. The highest BCUT2D eigenvalue weighted by Gasteiger charge is 1.90. The summed E-state index contributed by atoms with van der Waals surface area (Å²) >= 11 is 0. The molecule has 0 amide bonds. The van der Waals surface area contributed by atoms with Gasteiger partial charge in [0.25, 0.3) is 0 Å². The molecule has 0 aromatic heterocycles. The number of para-hydroxylation sites is 1. The monoisotopic (exact) mass is 153 g/mol. The molecule has 2 N–H and O–H groups in total. The molecular weight excluding hydrogens is 146 g/mol. The van der Waals surface area contributed by atoms with Crippen molar-refractivity contribution in [2.45, 2.75) is 0 Å². The summed E-state index contributed by atoms with van der Waals surface area (Å²) < 4.78 is 0. The average molecular weight is 153 g/mol. The number of hydrogen-bond acceptors (Lipinski definition) is 5. The molecule has 0 aliphatic heterocycles. The van der Waals surface area contributed by atoms with E-state index in [4.69, 9.17) is 0 Å². The molecule has 0 radical (unpaired) electrons. The summed E-state index contributed by atoms with van der Waals surface area (Å²) in [5.74, 6) is 4.66. The minimum atomic E-state index is -0.269. The smallest absolute Gasteiger partial charge is 0.0409 e. The SMILES string of the molecule is NN([O-])N([O-])c1ccccc1. The fourth-order valence-electron chi connectivity index (χ4n) is 0.669. The van der Waals surface area contributed by atoms with E-state index in [0.717, 1.165) is 0 Å². The fraction of sp³-hybridized carbons (Fsp3) is 0. The summed E-state index contributed by atoms with van der Waals surface area (Å²) in [5.41, 5.74) is 0.213. The van der Waals surface area contributed by atoms with Gasteiger partial charge in [-0.25, -0.2) is 5.28 Å². The second-order valence-electron chi connectivity index (χ2n) is 1.91. The van der Waals surface area contributed by atoms with Crippen LogP contribution in [0.5, 0.6) is 0 Å². The zero-order chi connectivity index (χ0) is 8.27. The van der Waals surface area contributed by atoms with Gasteiger partial charge in [-0.2, -0.15) is 0 Å². The van der Waals surface area contributed by atoms with E-state index in [1.165, 1.54) is 12.1 Å². The number of anilines is 1. The van der Waals surface area contributed by atoms with Crippen molar-refractivity contribution in [2.75, 3.05) is 5.17 Å². The van der Waals surface area contributed by atoms with Crippen LogP contribution in [0.15, 0.2) is 30.3 Å². The Morgan fingerprint density at radius 2 is 1.64 bits per heavy atom. The number of hydrogen-bond donors (Lipinski definition) is 1. The summed E-state index contributed by atoms with van der Waals surface area (Å²) in [6.07, 6.45) is 0. The highest BCUT2D eigenvalue weighted by atomic mass is 16.7. The van der Waals surface area contributed by atoms with Crippen molar-refractivity contribution in [2.24, 2.45) is 5.84 Å². The lowest BCUT2D eigenvalue weighted by molar-refractivity contribution is 0.400. The first-order chi connectivity index (χ1) is 5.22. The lowest BCUT2D eigenvalue weighted by atomic mass is 10.3. The van der Waals surface area contributed by atoms with Gasteiger partial charge in [-0.1, -0.05) is 18.2 Å². The van der Waals surface area contributed by atoms with Crippen LogP contribution in [-0.4, -0.2) is 5.28 Å². The molecule has 0 atom stereocenters. The Hall–Kier alpha value is -1.14. The van der Waals surface area contributed by atoms with Crippen LogP contribution >= 0.6 is 0 Å². The molecule has 0 aliphatic carbocycles. The average Bonchev–Trinajstić information content (AvgIpc) is 2.05. The second kappa shape index (κ2) is 3.31. The van der Waals surface area contributed by atoms with Crippen molar-refractivity contribution in [3.63, 3.8) is 0 Å². The summed E-state index contributed by atoms with van der Waals surface area (Å²) in [5, 5.41) is 20.8. The summed E-state index contributed by atoms with van der Waals surface area (Å²) in [6, 6.07) is 8.01. The van der Waals surface area contributed by atoms with Crippen molar-refractivity contribution in [3.8, 4) is 0 Å². The topological polar surface area (TPSA) is 78.6 Å². The lowest BCUT2D eigenvalue weighted by Gasteiger charge is -2.42. The van der Waals surface area contributed by atoms with Gasteiger partial charge in [0.1, 0.15) is 0 Å². The molecule has 60 valence electrons. The highest BCUT2D eigenvalue weighted by Crippen LogP contribution is 2.11. The Morgan fingerprint density at radius 1 is 1.09 bits per heavy atom. The van der Waals surface area contributed by atoms with Crippen LogP contribution in [0.25, 0.3) is 0 Å². The molecular formula is C6H7N3O2-2. The van der Waals surface area contributed by atoms with E-state index in [1.807, 2.05) is 0 Å². The lowest BCUT2D eigenvalue weighted by Crippen LogP contribution is -2.39. The van der Waals surface area contributed by atoms with Gasteiger partial charge in [0.15, 0.2) is 0 Å². The Bertz CT molecular complexity index is 214. The van der Waals surface area contributed by atoms with E-state index < -0.39 is 0 Å². The molecule has 0 unspecified atom stereocenters. The zero-order valence-electron chi connectivity index (χ0n) is 5.68. The van der Waals surface area contributed by atoms with E-state index in [1.54, 1.807) is 18.2 Å². The quantitative estimate of drug-likeness (QED) is 0.496. The first-order valence-corrected chi connectivity index (χ1v) is 2.96. The molecule has 0 saturated carbocycles. The van der Waals surface area contributed by atoms with Crippen LogP contribution in [0.3, 0.4) is 0 Å². The van der Waals surface area contributed by atoms with E-state index >= 15 is 0 Å². The van der Waals surface area contributed by atoms with Gasteiger partial charge in [0.2, 0.25) is 0 Å². The minimum absolute atomic E-state index is 0.0556. The maximum Gasteiger partial charge on any atom is 0.0409 e. The van der Waals surface area contributed by atoms with Crippen LogP contribution in [0.1, 0.15) is 0 Å². The normalized spacial score (nSPS) is 10.2. The van der Waals surface area contributed by atoms with Crippen LogP contribution in [0.4, 0.5) is 5.69 Å². The van der Waals surface area contributed by atoms with Gasteiger partial charge in [0.05, 0.1) is 0 Å². The Morgan fingerprint density at radius 3 is 2.09 bits per heavy atom. The van der Waals surface area contributed by atoms with Crippen molar-refractivity contribution < 1.29 is 0 Å². The number of nitrogens with zero attached hydrogens (tertiary/aromatic N) is 2. The predicted octanol–water partition coefficient (Wildman–Crippen LogP) is 0.579. The molecule has 1 aromatic carbocycles. The predicted molar refractivity (Wildman–Crippen MR) is 41.7 cm³/mol. The van der Waals surface area contributed by atoms with Gasteiger partial charge >= 0.3 is 0 Å². The van der Waals surface area contributed by atoms with E-state index in [0.29, 0.717) is 0 Å². The summed E-state index contributed by atoms with van der Waals surface area (Å²) in [6.45, 7) is 0. The van der Waals surface area contributed by atoms with Crippen LogP contribution < -0.4 is 11.0 Å². The van der Waals surface area contributed by atoms with Crippen molar-refractivity contribution in [1.29, 1.82) is 0 Å². The first kappa shape index (κ1) is 7.96. The van der Waals surface area contributed by atoms with E-state index in [-0.39, 0.29) is 16.1 Å². The third-order valence-corrected chi connectivity index (χ3v) is 1.16. The number of hydrazine groups is 2. The number of nitrogens with two attached hydrogens (primary N) is 1. The molecule has 5 heteroatoms.